The van der Waals surface area contributed by atoms with Crippen LogP contribution in [0.5, 0.6) is 0 Å². The molecule has 4 aliphatic carbocycles. The maximum absolute atomic E-state index is 2.56. The van der Waals surface area contributed by atoms with Gasteiger partial charge in [0.05, 0.1) is 5.52 Å². The first kappa shape index (κ1) is 86.9. The molecule has 0 spiro atoms. The van der Waals surface area contributed by atoms with Crippen molar-refractivity contribution in [3.63, 3.8) is 0 Å². The lowest BCUT2D eigenvalue weighted by molar-refractivity contribution is 0.860. The molecule has 2 nitrogen and oxygen atoms in total. The van der Waals surface area contributed by atoms with Gasteiger partial charge >= 0.3 is 0 Å². The third-order valence-electron chi connectivity index (χ3n) is 18.7. The molecule has 0 radical (unpaired) electrons. The number of fused-ring (bicyclic) bond motifs is 19. The van der Waals surface area contributed by atoms with E-state index in [1.165, 1.54) is 166 Å². The van der Waals surface area contributed by atoms with Crippen LogP contribution in [0.1, 0.15) is 230 Å². The molecule has 14 aromatic rings. The van der Waals surface area contributed by atoms with E-state index in [9.17, 15) is 0 Å². The molecule has 0 saturated carbocycles. The zero-order valence-electron chi connectivity index (χ0n) is 69.8. The lowest BCUT2D eigenvalue weighted by Gasteiger charge is -2.13. The second-order valence-electron chi connectivity index (χ2n) is 24.2. The highest BCUT2D eigenvalue weighted by Crippen LogP contribution is 2.45. The summed E-state index contributed by atoms with van der Waals surface area (Å²) in [5, 5.41) is 5.45. The number of rotatable bonds is 6. The van der Waals surface area contributed by atoms with Crippen molar-refractivity contribution in [2.24, 2.45) is 0 Å². The average molecular weight is 1410 g/mol. The Labute approximate surface area is 643 Å². The van der Waals surface area contributed by atoms with E-state index < -0.39 is 0 Å². The van der Waals surface area contributed by atoms with Gasteiger partial charge in [0.25, 0.3) is 0 Å². The van der Waals surface area contributed by atoms with Crippen molar-refractivity contribution in [1.82, 2.24) is 9.13 Å². The highest BCUT2D eigenvalue weighted by atomic mass is 15.0. The van der Waals surface area contributed by atoms with Gasteiger partial charge in [-0.1, -0.05) is 394 Å². The van der Waals surface area contributed by atoms with E-state index in [0.29, 0.717) is 0 Å². The van der Waals surface area contributed by atoms with Gasteiger partial charge in [-0.25, -0.2) is 0 Å². The first-order valence-electron chi connectivity index (χ1n) is 41.1. The van der Waals surface area contributed by atoms with Crippen LogP contribution in [0, 0.1) is 13.8 Å². The lowest BCUT2D eigenvalue weighted by atomic mass is 10.0. The molecule has 0 atom stereocenters. The van der Waals surface area contributed by atoms with Crippen molar-refractivity contribution in [3.8, 4) is 44.5 Å². The molecule has 106 heavy (non-hydrogen) atoms. The van der Waals surface area contributed by atoms with Crippen LogP contribution in [0.15, 0.2) is 255 Å². The Morgan fingerprint density at radius 2 is 0.528 bits per heavy atom. The fraction of sp³-hybridized carbons (Fsp3) is 0.308. The largest absolute Gasteiger partial charge is 0.336 e. The Morgan fingerprint density at radius 3 is 0.925 bits per heavy atom. The molecule has 4 aliphatic rings. The van der Waals surface area contributed by atoms with Gasteiger partial charge in [-0.05, 0) is 181 Å². The minimum Gasteiger partial charge on any atom is -0.336 e. The molecule has 0 amide bonds. The Hall–Kier alpha value is -9.76. The van der Waals surface area contributed by atoms with Crippen LogP contribution in [0.3, 0.4) is 0 Å². The minimum absolute atomic E-state index is 0.907. The number of hydrogen-bond acceptors (Lipinski definition) is 0. The van der Waals surface area contributed by atoms with Crippen LogP contribution in [-0.2, 0) is 51.6 Å². The molecule has 0 unspecified atom stereocenters. The van der Waals surface area contributed by atoms with Crippen LogP contribution < -0.4 is 0 Å². The van der Waals surface area contributed by atoms with Gasteiger partial charge in [0.2, 0.25) is 0 Å². The van der Waals surface area contributed by atoms with Crippen molar-refractivity contribution in [2.45, 2.75) is 218 Å². The Balaban J connectivity index is 0.000000246. The van der Waals surface area contributed by atoms with E-state index in [-0.39, 0.29) is 0 Å². The molecule has 0 N–H and O–H groups in total. The van der Waals surface area contributed by atoms with Crippen LogP contribution in [-0.4, -0.2) is 9.13 Å². The second kappa shape index (κ2) is 45.6. The number of para-hydroxylation sites is 2. The van der Waals surface area contributed by atoms with Crippen molar-refractivity contribution in [2.75, 3.05) is 0 Å². The number of hydrogen-bond donors (Lipinski definition) is 0. The van der Waals surface area contributed by atoms with Crippen LogP contribution in [0.25, 0.3) is 88.1 Å². The predicted octanol–water partition coefficient (Wildman–Crippen LogP) is 31.3. The molecule has 2 aromatic heterocycles. The zero-order chi connectivity index (χ0) is 77.8. The lowest BCUT2D eigenvalue weighted by Crippen LogP contribution is -2.02. The topological polar surface area (TPSA) is 9.86 Å². The predicted molar refractivity (Wildman–Crippen MR) is 478 cm³/mol. The van der Waals surface area contributed by atoms with Crippen LogP contribution in [0.4, 0.5) is 0 Å². The number of benzene rings is 12. The fourth-order valence-electron chi connectivity index (χ4n) is 14.8. The smallest absolute Gasteiger partial charge is 0.0536 e. The summed E-state index contributed by atoms with van der Waals surface area (Å²) >= 11 is 0. The summed E-state index contributed by atoms with van der Waals surface area (Å²) in [7, 11) is 0. The van der Waals surface area contributed by atoms with E-state index >= 15 is 0 Å². The molecular weight excluding hydrogens is 1280 g/mol. The molecule has 12 aromatic carbocycles. The summed E-state index contributed by atoms with van der Waals surface area (Å²) in [4.78, 5) is 0. The SMILES string of the molecule is CC.CC.CC.CC.CC.CC.CC.CC.CC.CC.CCc1cc(C)cc(Cn2c3ccccc3c3cc4c(cc32)Cc2ccccc2-4)c1.CCc1cc(C)cc(Cn2c3ccccc3c3ccc4c(c32)Cc2ccccc2-4)c1.c1ccc2c(c1)Cc1ccccc1-2.c1ccc2c(c1)Cc1ccccc1-2. The molecule has 0 aliphatic heterocycles. The summed E-state index contributed by atoms with van der Waals surface area (Å²) in [5.41, 5.74) is 36.7. The van der Waals surface area contributed by atoms with E-state index in [1.54, 1.807) is 0 Å². The molecular formula is C104H130N2. The van der Waals surface area contributed by atoms with Gasteiger partial charge in [-0.2, -0.15) is 0 Å². The molecule has 2 heteroatoms. The minimum atomic E-state index is 0.907. The van der Waals surface area contributed by atoms with Gasteiger partial charge in [-0.15, -0.1) is 0 Å². The van der Waals surface area contributed by atoms with Gasteiger partial charge in [-0.3, -0.25) is 0 Å². The molecule has 2 heterocycles. The van der Waals surface area contributed by atoms with Crippen molar-refractivity contribution >= 4 is 43.6 Å². The van der Waals surface area contributed by atoms with Crippen LogP contribution in [0.2, 0.25) is 0 Å². The van der Waals surface area contributed by atoms with Gasteiger partial charge in [0.15, 0.2) is 0 Å². The van der Waals surface area contributed by atoms with Gasteiger partial charge < -0.3 is 9.13 Å². The standard InChI is InChI=1S/2C29H25N.2C13H10.10C2H6/c1-3-20-12-19(2)13-21(14-20)18-30-28-11-7-6-10-25(28)27-17-26-23(16-29(27)30)15-22-8-4-5-9-24(22)26;1-3-20-14-19(2)15-21(16-20)18-30-28-11-7-6-10-25(28)26-13-12-24-23-9-5-4-8-22(23)17-27(24)29(26)30;2*1-3-7-12-10(5-1)9-11-6-2-4-8-13(11)12;10*1-2/h4-14,16-17H,3,15,18H2,1-2H3;4-16H,3,17-18H2,1-2H3;2*1-8H,9H2;10*1-2H3. The highest BCUT2D eigenvalue weighted by Gasteiger charge is 2.26. The summed E-state index contributed by atoms with van der Waals surface area (Å²) in [6.07, 6.45) is 6.42. The molecule has 0 bridgehead atoms. The summed E-state index contributed by atoms with van der Waals surface area (Å²) in [6, 6.07) is 93.7. The highest BCUT2D eigenvalue weighted by molar-refractivity contribution is 6.12. The summed E-state index contributed by atoms with van der Waals surface area (Å²) in [6.45, 7) is 50.7. The number of aromatic nitrogens is 2. The van der Waals surface area contributed by atoms with Crippen molar-refractivity contribution < 1.29 is 0 Å². The van der Waals surface area contributed by atoms with E-state index in [0.717, 1.165) is 51.6 Å². The quantitative estimate of drug-likeness (QED) is 0.157. The van der Waals surface area contributed by atoms with Crippen molar-refractivity contribution in [3.05, 3.63) is 333 Å². The van der Waals surface area contributed by atoms with Crippen molar-refractivity contribution in [1.29, 1.82) is 0 Å². The van der Waals surface area contributed by atoms with Gasteiger partial charge in [0, 0.05) is 57.6 Å². The van der Waals surface area contributed by atoms with E-state index in [1.807, 2.05) is 138 Å². The fourth-order valence-corrected chi connectivity index (χ4v) is 14.8. The maximum atomic E-state index is 2.56. The zero-order valence-corrected chi connectivity index (χ0v) is 69.8. The third kappa shape index (κ3) is 19.8. The van der Waals surface area contributed by atoms with Gasteiger partial charge in [0.1, 0.15) is 0 Å². The van der Waals surface area contributed by atoms with Crippen LogP contribution >= 0.6 is 0 Å². The summed E-state index contributed by atoms with van der Waals surface area (Å²) in [5.74, 6) is 0. The Bertz CT molecular complexity index is 4770. The second-order valence-corrected chi connectivity index (χ2v) is 24.2. The van der Waals surface area contributed by atoms with E-state index in [2.05, 4.69) is 292 Å². The Morgan fingerprint density at radius 1 is 0.226 bits per heavy atom. The molecule has 556 valence electrons. The Kier molecular flexibility index (Phi) is 37.3. The molecule has 18 rings (SSSR count). The first-order valence-corrected chi connectivity index (χ1v) is 41.1. The monoisotopic (exact) mass is 1410 g/mol. The number of nitrogens with zero attached hydrogens (tertiary/aromatic N) is 2. The third-order valence-corrected chi connectivity index (χ3v) is 18.7. The maximum Gasteiger partial charge on any atom is 0.0536 e. The van der Waals surface area contributed by atoms with E-state index in [4.69, 9.17) is 0 Å². The average Bonchev–Trinajstić information content (AvgIpc) is 1.58. The molecule has 0 saturated heterocycles. The first-order chi connectivity index (χ1) is 52.3. The molecule has 0 fully saturated rings. The number of aryl methyl sites for hydroxylation is 4. The summed E-state index contributed by atoms with van der Waals surface area (Å²) < 4.78 is 5.08. The normalized spacial score (nSPS) is 10.6.